The zero-order valence-corrected chi connectivity index (χ0v) is 8.43. The van der Waals surface area contributed by atoms with Crippen molar-refractivity contribution in [2.75, 3.05) is 5.75 Å². The van der Waals surface area contributed by atoms with Crippen LogP contribution in [0.25, 0.3) is 0 Å². The minimum absolute atomic E-state index is 0.128. The molecule has 1 heterocycles. The molecule has 6 heteroatoms. The van der Waals surface area contributed by atoms with Crippen LogP contribution < -0.4 is 0 Å². The predicted molar refractivity (Wildman–Crippen MR) is 52.3 cm³/mol. The van der Waals surface area contributed by atoms with Gasteiger partial charge in [0.1, 0.15) is 4.90 Å². The monoisotopic (exact) mass is 218 g/mol. The molecule has 0 atom stereocenters. The minimum Gasteiger partial charge on any atom is -0.358 e. The van der Waals surface area contributed by atoms with E-state index in [1.165, 1.54) is 18.0 Å². The van der Waals surface area contributed by atoms with Crippen LogP contribution in [0, 0.1) is 10.1 Å². The molecule has 0 saturated heterocycles. The molecule has 1 aromatic rings. The van der Waals surface area contributed by atoms with Crippen molar-refractivity contribution in [1.29, 1.82) is 0 Å². The lowest BCUT2D eigenvalue weighted by Gasteiger charge is -1.99. The number of nitrogens with zero attached hydrogens (tertiary/aromatic N) is 2. The Morgan fingerprint density at radius 1 is 1.77 bits per heavy atom. The van der Waals surface area contributed by atoms with Gasteiger partial charge in [0, 0.05) is 0 Å². The number of rotatable bonds is 3. The van der Waals surface area contributed by atoms with Gasteiger partial charge in [-0.3, -0.25) is 0 Å². The quantitative estimate of drug-likeness (QED) is 0.445. The molecular formula is C7H7ClN2O2S. The van der Waals surface area contributed by atoms with Crippen molar-refractivity contribution in [2.45, 2.75) is 11.8 Å². The van der Waals surface area contributed by atoms with Crippen molar-refractivity contribution in [2.24, 2.45) is 0 Å². The van der Waals surface area contributed by atoms with Crippen LogP contribution in [0.4, 0.5) is 5.82 Å². The largest absolute Gasteiger partial charge is 0.377 e. The van der Waals surface area contributed by atoms with Crippen LogP contribution in [-0.4, -0.2) is 15.7 Å². The molecule has 0 spiro atoms. The molecule has 0 radical (unpaired) electrons. The van der Waals surface area contributed by atoms with E-state index in [1.54, 1.807) is 6.07 Å². The second kappa shape index (κ2) is 4.43. The second-order valence-corrected chi connectivity index (χ2v) is 3.91. The summed E-state index contributed by atoms with van der Waals surface area (Å²) in [6, 6.07) is 1.56. The lowest BCUT2D eigenvalue weighted by atomic mass is 10.5. The van der Waals surface area contributed by atoms with E-state index in [0.29, 0.717) is 9.92 Å². The second-order valence-electron chi connectivity index (χ2n) is 2.17. The van der Waals surface area contributed by atoms with Crippen molar-refractivity contribution in [1.82, 2.24) is 4.98 Å². The SMILES string of the molecule is CCSc1cc(Cl)cnc1[N+](=O)[O-]. The van der Waals surface area contributed by atoms with E-state index in [2.05, 4.69) is 4.98 Å². The van der Waals surface area contributed by atoms with Crippen molar-refractivity contribution in [3.63, 3.8) is 0 Å². The van der Waals surface area contributed by atoms with Gasteiger partial charge in [0.15, 0.2) is 6.20 Å². The van der Waals surface area contributed by atoms with Crippen LogP contribution in [0.15, 0.2) is 17.2 Å². The molecule has 0 N–H and O–H groups in total. The Bertz CT molecular complexity index is 332. The number of halogens is 1. The molecule has 0 aromatic carbocycles. The minimum atomic E-state index is -0.506. The maximum atomic E-state index is 10.5. The van der Waals surface area contributed by atoms with Crippen LogP contribution in [-0.2, 0) is 0 Å². The summed E-state index contributed by atoms with van der Waals surface area (Å²) in [5.74, 6) is 0.624. The van der Waals surface area contributed by atoms with Crippen LogP contribution in [0.5, 0.6) is 0 Å². The van der Waals surface area contributed by atoms with Crippen molar-refractivity contribution < 1.29 is 4.92 Å². The Kier molecular flexibility index (Phi) is 3.50. The first-order valence-electron chi connectivity index (χ1n) is 3.58. The van der Waals surface area contributed by atoms with E-state index in [9.17, 15) is 10.1 Å². The molecule has 0 aliphatic carbocycles. The Balaban J connectivity index is 3.10. The van der Waals surface area contributed by atoms with E-state index in [-0.39, 0.29) is 5.82 Å². The molecule has 0 aliphatic rings. The van der Waals surface area contributed by atoms with Crippen LogP contribution >= 0.6 is 23.4 Å². The van der Waals surface area contributed by atoms with Gasteiger partial charge in [-0.2, -0.15) is 0 Å². The molecular weight excluding hydrogens is 212 g/mol. The van der Waals surface area contributed by atoms with Gasteiger partial charge < -0.3 is 10.1 Å². The van der Waals surface area contributed by atoms with Gasteiger partial charge >= 0.3 is 5.82 Å². The first-order chi connectivity index (χ1) is 6.15. The molecule has 0 unspecified atom stereocenters. The molecule has 4 nitrogen and oxygen atoms in total. The number of hydrogen-bond donors (Lipinski definition) is 0. The van der Waals surface area contributed by atoms with Crippen LogP contribution in [0.1, 0.15) is 6.92 Å². The first kappa shape index (κ1) is 10.3. The summed E-state index contributed by atoms with van der Waals surface area (Å²) in [6.45, 7) is 1.91. The molecule has 0 amide bonds. The van der Waals surface area contributed by atoms with Gasteiger partial charge in [0.05, 0.1) is 5.02 Å². The fraction of sp³-hybridized carbons (Fsp3) is 0.286. The molecule has 0 saturated carbocycles. The van der Waals surface area contributed by atoms with Crippen molar-refractivity contribution >= 4 is 29.2 Å². The van der Waals surface area contributed by atoms with Crippen molar-refractivity contribution in [3.05, 3.63) is 27.4 Å². The Morgan fingerprint density at radius 3 is 3.00 bits per heavy atom. The molecule has 0 bridgehead atoms. The smallest absolute Gasteiger partial charge is 0.358 e. The lowest BCUT2D eigenvalue weighted by molar-refractivity contribution is -0.392. The highest BCUT2D eigenvalue weighted by molar-refractivity contribution is 7.99. The standard InChI is InChI=1S/C7H7ClN2O2S/c1-2-13-6-3-5(8)4-9-7(6)10(11)12/h3-4H,2H2,1H3. The molecule has 1 aromatic heterocycles. The average molecular weight is 219 g/mol. The molecule has 0 aliphatic heterocycles. The summed E-state index contributed by atoms with van der Waals surface area (Å²) in [7, 11) is 0. The third-order valence-electron chi connectivity index (χ3n) is 1.27. The number of aromatic nitrogens is 1. The topological polar surface area (TPSA) is 56.0 Å². The highest BCUT2D eigenvalue weighted by atomic mass is 35.5. The Labute approximate surface area is 84.5 Å². The van der Waals surface area contributed by atoms with E-state index in [4.69, 9.17) is 11.6 Å². The molecule has 0 fully saturated rings. The maximum absolute atomic E-state index is 10.5. The number of thioether (sulfide) groups is 1. The van der Waals surface area contributed by atoms with Gasteiger partial charge in [-0.25, -0.2) is 0 Å². The van der Waals surface area contributed by atoms with Gasteiger partial charge in [0.25, 0.3) is 0 Å². The van der Waals surface area contributed by atoms with Crippen LogP contribution in [0.3, 0.4) is 0 Å². The third-order valence-corrected chi connectivity index (χ3v) is 2.38. The summed E-state index contributed by atoms with van der Waals surface area (Å²) in [4.78, 5) is 14.1. The van der Waals surface area contributed by atoms with E-state index >= 15 is 0 Å². The zero-order chi connectivity index (χ0) is 9.84. The number of pyridine rings is 1. The number of hydrogen-bond acceptors (Lipinski definition) is 4. The normalized spacial score (nSPS) is 10.0. The summed E-state index contributed by atoms with van der Waals surface area (Å²) < 4.78 is 0. The van der Waals surface area contributed by atoms with Gasteiger partial charge in [-0.1, -0.05) is 18.5 Å². The van der Waals surface area contributed by atoms with Gasteiger partial charge in [0.2, 0.25) is 0 Å². The van der Waals surface area contributed by atoms with Gasteiger partial charge in [-0.15, -0.1) is 11.8 Å². The van der Waals surface area contributed by atoms with E-state index < -0.39 is 4.92 Å². The number of nitro groups is 1. The lowest BCUT2D eigenvalue weighted by Crippen LogP contribution is -1.94. The summed E-state index contributed by atoms with van der Waals surface area (Å²) >= 11 is 7.01. The first-order valence-corrected chi connectivity index (χ1v) is 4.94. The molecule has 70 valence electrons. The summed E-state index contributed by atoms with van der Waals surface area (Å²) in [5.41, 5.74) is 0. The van der Waals surface area contributed by atoms with Gasteiger partial charge in [-0.05, 0) is 21.7 Å². The zero-order valence-electron chi connectivity index (χ0n) is 6.86. The summed E-state index contributed by atoms with van der Waals surface area (Å²) in [6.07, 6.45) is 1.28. The van der Waals surface area contributed by atoms with E-state index in [1.807, 2.05) is 6.92 Å². The average Bonchev–Trinajstić information content (AvgIpc) is 2.04. The fourth-order valence-corrected chi connectivity index (χ4v) is 1.81. The van der Waals surface area contributed by atoms with E-state index in [0.717, 1.165) is 5.75 Å². The van der Waals surface area contributed by atoms with Crippen molar-refractivity contribution in [3.8, 4) is 0 Å². The predicted octanol–water partition coefficient (Wildman–Crippen LogP) is 2.76. The van der Waals surface area contributed by atoms with Crippen LogP contribution in [0.2, 0.25) is 5.02 Å². The highest BCUT2D eigenvalue weighted by Crippen LogP contribution is 2.28. The molecule has 1 rings (SSSR count). The highest BCUT2D eigenvalue weighted by Gasteiger charge is 2.15. The maximum Gasteiger partial charge on any atom is 0.377 e. The fourth-order valence-electron chi connectivity index (χ4n) is 0.812. The Morgan fingerprint density at radius 2 is 2.46 bits per heavy atom. The Hall–Kier alpha value is -0.810. The molecule has 13 heavy (non-hydrogen) atoms. The third kappa shape index (κ3) is 2.57. The summed E-state index contributed by atoms with van der Waals surface area (Å²) in [5, 5.41) is 10.9.